The van der Waals surface area contributed by atoms with Crippen molar-refractivity contribution in [3.8, 4) is 11.5 Å². The molecule has 0 aliphatic heterocycles. The molecule has 3 N–H and O–H groups in total. The molecule has 6 heteroatoms. The molecule has 2 aromatic rings. The summed E-state index contributed by atoms with van der Waals surface area (Å²) in [7, 11) is 3.00. The van der Waals surface area contributed by atoms with Gasteiger partial charge < -0.3 is 24.9 Å². The van der Waals surface area contributed by atoms with Crippen LogP contribution in [0, 0.1) is 6.92 Å². The lowest BCUT2D eigenvalue weighted by Gasteiger charge is -2.12. The third-order valence-electron chi connectivity index (χ3n) is 3.04. The lowest BCUT2D eigenvalue weighted by atomic mass is 10.1. The van der Waals surface area contributed by atoms with Crippen LogP contribution in [0.1, 0.15) is 21.9 Å². The van der Waals surface area contributed by atoms with Crippen molar-refractivity contribution in [2.45, 2.75) is 13.5 Å². The van der Waals surface area contributed by atoms with E-state index >= 15 is 0 Å². The highest BCUT2D eigenvalue weighted by molar-refractivity contribution is 6.00. The number of anilines is 1. The van der Waals surface area contributed by atoms with Gasteiger partial charge in [-0.15, -0.1) is 0 Å². The Morgan fingerprint density at radius 2 is 2.05 bits per heavy atom. The summed E-state index contributed by atoms with van der Waals surface area (Å²) >= 11 is 0. The minimum atomic E-state index is -0.321. The summed E-state index contributed by atoms with van der Waals surface area (Å²) in [6.07, 6.45) is 0. The molecule has 1 aromatic carbocycles. The number of hydrogen-bond donors (Lipinski definition) is 2. The first-order valence-corrected chi connectivity index (χ1v) is 6.40. The van der Waals surface area contributed by atoms with Crippen LogP contribution in [-0.4, -0.2) is 20.1 Å². The van der Waals surface area contributed by atoms with Crippen LogP contribution in [0.25, 0.3) is 0 Å². The van der Waals surface area contributed by atoms with Crippen molar-refractivity contribution in [2.24, 2.45) is 0 Å². The van der Waals surface area contributed by atoms with E-state index in [1.807, 2.05) is 19.1 Å². The van der Waals surface area contributed by atoms with Crippen LogP contribution < -0.4 is 20.5 Å². The summed E-state index contributed by atoms with van der Waals surface area (Å²) in [4.78, 5) is 12.2. The zero-order valence-electron chi connectivity index (χ0n) is 12.2. The Kier molecular flexibility index (Phi) is 4.37. The molecule has 112 valence electrons. The average molecular weight is 290 g/mol. The van der Waals surface area contributed by atoms with E-state index in [-0.39, 0.29) is 18.1 Å². The maximum Gasteiger partial charge on any atom is 0.254 e. The third-order valence-corrected chi connectivity index (χ3v) is 3.04. The number of carbonyl (C=O) groups excluding carboxylic acids is 1. The van der Waals surface area contributed by atoms with E-state index in [2.05, 4.69) is 5.32 Å². The van der Waals surface area contributed by atoms with Crippen molar-refractivity contribution >= 4 is 11.6 Å². The van der Waals surface area contributed by atoms with Gasteiger partial charge in [-0.2, -0.15) is 0 Å². The van der Waals surface area contributed by atoms with E-state index < -0.39 is 0 Å². The number of rotatable bonds is 5. The third kappa shape index (κ3) is 3.28. The molecule has 0 radical (unpaired) electrons. The van der Waals surface area contributed by atoms with Gasteiger partial charge in [-0.3, -0.25) is 4.79 Å². The Hall–Kier alpha value is -2.63. The summed E-state index contributed by atoms with van der Waals surface area (Å²) in [6, 6.07) is 6.85. The second kappa shape index (κ2) is 6.21. The number of amides is 1. The van der Waals surface area contributed by atoms with Gasteiger partial charge in [0.15, 0.2) is 0 Å². The minimum absolute atomic E-state index is 0.270. The topological polar surface area (TPSA) is 86.7 Å². The predicted octanol–water partition coefficient (Wildman–Crippen LogP) is 2.12. The molecule has 1 amide bonds. The zero-order chi connectivity index (χ0) is 15.4. The molecule has 2 rings (SSSR count). The van der Waals surface area contributed by atoms with Crippen molar-refractivity contribution < 1.29 is 18.7 Å². The monoisotopic (exact) mass is 290 g/mol. The second-order valence-corrected chi connectivity index (χ2v) is 4.49. The summed E-state index contributed by atoms with van der Waals surface area (Å²) in [5.74, 6) is 2.04. The fourth-order valence-corrected chi connectivity index (χ4v) is 1.92. The molecule has 1 heterocycles. The standard InChI is InChI=1S/C15H18N2O4/c1-9-4-5-10(21-9)8-17-15(18)12-6-11(19-2)7-13(20-3)14(12)16/h4-7H,8,16H2,1-3H3,(H,17,18). The SMILES string of the molecule is COc1cc(OC)c(N)c(C(=O)NCc2ccc(C)o2)c1. The first-order valence-electron chi connectivity index (χ1n) is 6.40. The molecule has 0 saturated heterocycles. The molecule has 0 bridgehead atoms. The van der Waals surface area contributed by atoms with Crippen LogP contribution >= 0.6 is 0 Å². The largest absolute Gasteiger partial charge is 0.497 e. The van der Waals surface area contributed by atoms with Gasteiger partial charge >= 0.3 is 0 Å². The van der Waals surface area contributed by atoms with Crippen LogP contribution in [0.2, 0.25) is 0 Å². The van der Waals surface area contributed by atoms with E-state index in [0.717, 1.165) is 5.76 Å². The van der Waals surface area contributed by atoms with E-state index in [1.165, 1.54) is 14.2 Å². The molecule has 0 fully saturated rings. The number of nitrogen functional groups attached to an aromatic ring is 1. The highest BCUT2D eigenvalue weighted by atomic mass is 16.5. The molecule has 0 atom stereocenters. The van der Waals surface area contributed by atoms with Crippen LogP contribution in [0.5, 0.6) is 11.5 Å². The van der Waals surface area contributed by atoms with Crippen molar-refractivity contribution in [2.75, 3.05) is 20.0 Å². The second-order valence-electron chi connectivity index (χ2n) is 4.49. The average Bonchev–Trinajstić information content (AvgIpc) is 2.90. The summed E-state index contributed by atoms with van der Waals surface area (Å²) in [5.41, 5.74) is 6.50. The molecule has 0 saturated carbocycles. The Morgan fingerprint density at radius 3 is 2.62 bits per heavy atom. The van der Waals surface area contributed by atoms with E-state index in [4.69, 9.17) is 19.6 Å². The zero-order valence-corrected chi connectivity index (χ0v) is 12.2. The van der Waals surface area contributed by atoms with E-state index in [0.29, 0.717) is 22.8 Å². The smallest absolute Gasteiger partial charge is 0.254 e. The molecule has 0 aliphatic rings. The van der Waals surface area contributed by atoms with Gasteiger partial charge in [0.25, 0.3) is 5.91 Å². The maximum absolute atomic E-state index is 12.2. The van der Waals surface area contributed by atoms with E-state index in [9.17, 15) is 4.79 Å². The van der Waals surface area contributed by atoms with Crippen molar-refractivity contribution in [3.63, 3.8) is 0 Å². The van der Waals surface area contributed by atoms with Crippen molar-refractivity contribution in [1.29, 1.82) is 0 Å². The van der Waals surface area contributed by atoms with Gasteiger partial charge in [0.05, 0.1) is 32.0 Å². The number of nitrogens with one attached hydrogen (secondary N) is 1. The van der Waals surface area contributed by atoms with Crippen molar-refractivity contribution in [1.82, 2.24) is 5.32 Å². The number of benzene rings is 1. The lowest BCUT2D eigenvalue weighted by molar-refractivity contribution is 0.0948. The highest BCUT2D eigenvalue weighted by Crippen LogP contribution is 2.31. The van der Waals surface area contributed by atoms with Gasteiger partial charge in [0.2, 0.25) is 0 Å². The number of nitrogens with two attached hydrogens (primary N) is 1. The molecule has 1 aromatic heterocycles. The first kappa shape index (κ1) is 14.8. The Morgan fingerprint density at radius 1 is 1.29 bits per heavy atom. The predicted molar refractivity (Wildman–Crippen MR) is 78.6 cm³/mol. The molecule has 0 spiro atoms. The summed E-state index contributed by atoms with van der Waals surface area (Å²) < 4.78 is 15.7. The molecular formula is C15H18N2O4. The minimum Gasteiger partial charge on any atom is -0.497 e. The first-order chi connectivity index (χ1) is 10.0. The fourth-order valence-electron chi connectivity index (χ4n) is 1.92. The number of furan rings is 1. The number of ether oxygens (including phenoxy) is 2. The van der Waals surface area contributed by atoms with E-state index in [1.54, 1.807) is 12.1 Å². The van der Waals surface area contributed by atoms with Crippen molar-refractivity contribution in [3.05, 3.63) is 41.3 Å². The molecule has 6 nitrogen and oxygen atoms in total. The van der Waals surface area contributed by atoms with Gasteiger partial charge in [-0.05, 0) is 25.1 Å². The van der Waals surface area contributed by atoms with Crippen LogP contribution in [0.4, 0.5) is 5.69 Å². The van der Waals surface area contributed by atoms with Crippen LogP contribution in [0.3, 0.4) is 0 Å². The number of carbonyl (C=O) groups is 1. The Balaban J connectivity index is 2.18. The lowest BCUT2D eigenvalue weighted by Crippen LogP contribution is -2.23. The summed E-state index contributed by atoms with van der Waals surface area (Å²) in [5, 5.41) is 2.75. The highest BCUT2D eigenvalue weighted by Gasteiger charge is 2.16. The molecule has 0 unspecified atom stereocenters. The normalized spacial score (nSPS) is 10.2. The Labute approximate surface area is 122 Å². The quantitative estimate of drug-likeness (QED) is 0.824. The van der Waals surface area contributed by atoms with Gasteiger partial charge in [-0.25, -0.2) is 0 Å². The van der Waals surface area contributed by atoms with Gasteiger partial charge in [0.1, 0.15) is 23.0 Å². The molecular weight excluding hydrogens is 272 g/mol. The number of methoxy groups -OCH3 is 2. The number of hydrogen-bond acceptors (Lipinski definition) is 5. The van der Waals surface area contributed by atoms with Gasteiger partial charge in [0, 0.05) is 6.07 Å². The molecule has 0 aliphatic carbocycles. The molecule has 21 heavy (non-hydrogen) atoms. The van der Waals surface area contributed by atoms with Crippen LogP contribution in [-0.2, 0) is 6.54 Å². The summed E-state index contributed by atoms with van der Waals surface area (Å²) in [6.45, 7) is 2.13. The Bertz CT molecular complexity index is 649. The van der Waals surface area contributed by atoms with Gasteiger partial charge in [-0.1, -0.05) is 0 Å². The van der Waals surface area contributed by atoms with Crippen LogP contribution in [0.15, 0.2) is 28.7 Å². The number of aryl methyl sites for hydroxylation is 1. The maximum atomic E-state index is 12.2. The fraction of sp³-hybridized carbons (Fsp3) is 0.267.